The van der Waals surface area contributed by atoms with Gasteiger partial charge in [0, 0.05) is 18.2 Å². The SMILES string of the molecule is O=C(CCC(=O)c1ccc(Cl)s1)Nc1ccccc1OCc1cscn1. The summed E-state index contributed by atoms with van der Waals surface area (Å²) in [5.41, 5.74) is 3.14. The predicted molar refractivity (Wildman–Crippen MR) is 104 cm³/mol. The Balaban J connectivity index is 1.54. The fourth-order valence-electron chi connectivity index (χ4n) is 2.18. The molecule has 0 saturated carbocycles. The van der Waals surface area contributed by atoms with E-state index < -0.39 is 0 Å². The average molecular weight is 407 g/mol. The third-order valence-electron chi connectivity index (χ3n) is 3.45. The number of hydrogen-bond donors (Lipinski definition) is 1. The molecule has 0 atom stereocenters. The van der Waals surface area contributed by atoms with Gasteiger partial charge in [-0.15, -0.1) is 22.7 Å². The number of para-hydroxylation sites is 2. The first-order chi connectivity index (χ1) is 12.6. The van der Waals surface area contributed by atoms with Gasteiger partial charge in [-0.1, -0.05) is 23.7 Å². The van der Waals surface area contributed by atoms with Gasteiger partial charge in [0.15, 0.2) is 5.78 Å². The highest BCUT2D eigenvalue weighted by Gasteiger charge is 2.13. The van der Waals surface area contributed by atoms with Crippen molar-refractivity contribution in [2.75, 3.05) is 5.32 Å². The van der Waals surface area contributed by atoms with Gasteiger partial charge in [-0.2, -0.15) is 0 Å². The van der Waals surface area contributed by atoms with Gasteiger partial charge in [0.25, 0.3) is 0 Å². The number of thiazole rings is 1. The van der Waals surface area contributed by atoms with Crippen LogP contribution in [-0.4, -0.2) is 16.7 Å². The number of nitrogens with zero attached hydrogens (tertiary/aromatic N) is 1. The number of thiophene rings is 1. The summed E-state index contributed by atoms with van der Waals surface area (Å²) < 4.78 is 6.29. The highest BCUT2D eigenvalue weighted by Crippen LogP contribution is 2.26. The van der Waals surface area contributed by atoms with Crippen molar-refractivity contribution in [2.24, 2.45) is 0 Å². The number of ketones is 1. The van der Waals surface area contributed by atoms with Crippen molar-refractivity contribution in [3.8, 4) is 5.75 Å². The number of hydrogen-bond acceptors (Lipinski definition) is 6. The summed E-state index contributed by atoms with van der Waals surface area (Å²) in [6.07, 6.45) is 0.222. The summed E-state index contributed by atoms with van der Waals surface area (Å²) in [5, 5.41) is 4.70. The van der Waals surface area contributed by atoms with E-state index in [1.807, 2.05) is 17.5 Å². The molecule has 0 bridgehead atoms. The minimum atomic E-state index is -0.245. The molecule has 0 radical (unpaired) electrons. The van der Waals surface area contributed by atoms with Crippen molar-refractivity contribution in [3.05, 3.63) is 62.2 Å². The molecule has 0 aliphatic rings. The Morgan fingerprint density at radius 2 is 2.00 bits per heavy atom. The van der Waals surface area contributed by atoms with E-state index in [1.54, 1.807) is 29.8 Å². The maximum atomic E-state index is 12.2. The van der Waals surface area contributed by atoms with Crippen LogP contribution in [0.4, 0.5) is 5.69 Å². The molecule has 8 heteroatoms. The van der Waals surface area contributed by atoms with Crippen LogP contribution in [0.2, 0.25) is 4.34 Å². The lowest BCUT2D eigenvalue weighted by molar-refractivity contribution is -0.116. The van der Waals surface area contributed by atoms with Crippen LogP contribution >= 0.6 is 34.3 Å². The molecule has 26 heavy (non-hydrogen) atoms. The van der Waals surface area contributed by atoms with Crippen molar-refractivity contribution in [2.45, 2.75) is 19.4 Å². The number of carbonyl (C=O) groups excluding carboxylic acids is 2. The first-order valence-corrected chi connectivity index (χ1v) is 9.93. The van der Waals surface area contributed by atoms with E-state index in [1.165, 1.54) is 22.7 Å². The molecule has 134 valence electrons. The second-order valence-corrected chi connectivity index (χ2v) is 7.77. The Hall–Kier alpha value is -2.22. The number of benzene rings is 1. The minimum Gasteiger partial charge on any atom is -0.485 e. The first-order valence-electron chi connectivity index (χ1n) is 7.79. The first kappa shape index (κ1) is 18.6. The summed E-state index contributed by atoms with van der Waals surface area (Å²) in [6, 6.07) is 10.5. The third kappa shape index (κ3) is 5.14. The number of ether oxygens (including phenoxy) is 1. The van der Waals surface area contributed by atoms with E-state index in [0.717, 1.165) is 5.69 Å². The van der Waals surface area contributed by atoms with E-state index in [2.05, 4.69) is 10.3 Å². The molecule has 3 aromatic rings. The summed E-state index contributed by atoms with van der Waals surface area (Å²) in [7, 11) is 0. The molecule has 1 amide bonds. The number of halogens is 1. The molecule has 3 rings (SSSR count). The van der Waals surface area contributed by atoms with E-state index in [4.69, 9.17) is 16.3 Å². The Morgan fingerprint density at radius 3 is 2.73 bits per heavy atom. The van der Waals surface area contributed by atoms with Gasteiger partial charge in [0.2, 0.25) is 5.91 Å². The normalized spacial score (nSPS) is 10.5. The summed E-state index contributed by atoms with van der Waals surface area (Å²) >= 11 is 8.54. The van der Waals surface area contributed by atoms with Gasteiger partial charge in [0.1, 0.15) is 12.4 Å². The lowest BCUT2D eigenvalue weighted by Crippen LogP contribution is -2.14. The Morgan fingerprint density at radius 1 is 1.15 bits per heavy atom. The Kier molecular flexibility index (Phi) is 6.38. The third-order valence-corrected chi connectivity index (χ3v) is 5.35. The topological polar surface area (TPSA) is 68.3 Å². The van der Waals surface area contributed by atoms with Gasteiger partial charge < -0.3 is 10.1 Å². The number of anilines is 1. The molecule has 0 aliphatic carbocycles. The van der Waals surface area contributed by atoms with Crippen molar-refractivity contribution >= 4 is 51.7 Å². The van der Waals surface area contributed by atoms with Crippen LogP contribution in [0, 0.1) is 0 Å². The molecular weight excluding hydrogens is 392 g/mol. The fraction of sp³-hybridized carbons (Fsp3) is 0.167. The van der Waals surface area contributed by atoms with Crippen molar-refractivity contribution in [3.63, 3.8) is 0 Å². The number of aromatic nitrogens is 1. The molecule has 1 N–H and O–H groups in total. The van der Waals surface area contributed by atoms with Crippen LogP contribution in [0.3, 0.4) is 0 Å². The van der Waals surface area contributed by atoms with Gasteiger partial charge in [-0.3, -0.25) is 9.59 Å². The van der Waals surface area contributed by atoms with Gasteiger partial charge in [0.05, 0.1) is 26.1 Å². The standard InChI is InChI=1S/C18H15ClN2O3S2/c19-17-7-6-16(26-17)14(22)5-8-18(23)21-13-3-1-2-4-15(13)24-9-12-10-25-11-20-12/h1-4,6-7,10-11H,5,8-9H2,(H,21,23). The zero-order valence-corrected chi connectivity index (χ0v) is 16.0. The maximum Gasteiger partial charge on any atom is 0.224 e. The van der Waals surface area contributed by atoms with E-state index in [-0.39, 0.29) is 24.5 Å². The molecule has 0 aliphatic heterocycles. The predicted octanol–water partition coefficient (Wildman–Crippen LogP) is 5.04. The monoisotopic (exact) mass is 406 g/mol. The molecule has 1 aromatic carbocycles. The minimum absolute atomic E-state index is 0.0920. The van der Waals surface area contributed by atoms with Gasteiger partial charge in [-0.25, -0.2) is 4.98 Å². The Labute approximate surface area is 163 Å². The Bertz CT molecular complexity index is 893. The van der Waals surface area contributed by atoms with E-state index >= 15 is 0 Å². The molecule has 2 aromatic heterocycles. The van der Waals surface area contributed by atoms with E-state index in [0.29, 0.717) is 27.3 Å². The van der Waals surface area contributed by atoms with Crippen LogP contribution in [0.5, 0.6) is 5.75 Å². The largest absolute Gasteiger partial charge is 0.485 e. The fourth-order valence-corrected chi connectivity index (χ4v) is 3.74. The number of carbonyl (C=O) groups is 2. The van der Waals surface area contributed by atoms with Crippen molar-refractivity contribution < 1.29 is 14.3 Å². The molecule has 0 fully saturated rings. The summed E-state index contributed by atoms with van der Waals surface area (Å²) in [6.45, 7) is 0.327. The highest BCUT2D eigenvalue weighted by atomic mass is 35.5. The summed E-state index contributed by atoms with van der Waals surface area (Å²) in [5.74, 6) is 0.223. The lowest BCUT2D eigenvalue weighted by atomic mass is 10.2. The van der Waals surface area contributed by atoms with Crippen LogP contribution in [0.15, 0.2) is 47.3 Å². The van der Waals surface area contributed by atoms with Crippen molar-refractivity contribution in [1.29, 1.82) is 0 Å². The molecular formula is C18H15ClN2O3S2. The average Bonchev–Trinajstić information content (AvgIpc) is 3.30. The van der Waals surface area contributed by atoms with Crippen LogP contribution in [0.25, 0.3) is 0 Å². The second kappa shape index (κ2) is 8.93. The molecule has 2 heterocycles. The van der Waals surface area contributed by atoms with Crippen LogP contribution in [-0.2, 0) is 11.4 Å². The molecule has 0 spiro atoms. The zero-order chi connectivity index (χ0) is 18.4. The number of amides is 1. The van der Waals surface area contributed by atoms with Gasteiger partial charge in [-0.05, 0) is 24.3 Å². The van der Waals surface area contributed by atoms with Crippen LogP contribution < -0.4 is 10.1 Å². The smallest absolute Gasteiger partial charge is 0.224 e. The number of Topliss-reactive ketones (excluding diaryl/α,β-unsaturated/α-hetero) is 1. The second-order valence-electron chi connectivity index (χ2n) is 5.34. The van der Waals surface area contributed by atoms with Crippen molar-refractivity contribution in [1.82, 2.24) is 4.98 Å². The quantitative estimate of drug-likeness (QED) is 0.532. The summed E-state index contributed by atoms with van der Waals surface area (Å²) in [4.78, 5) is 29.0. The van der Waals surface area contributed by atoms with E-state index in [9.17, 15) is 9.59 Å². The number of nitrogens with one attached hydrogen (secondary N) is 1. The number of rotatable bonds is 8. The molecule has 0 unspecified atom stereocenters. The molecule has 5 nitrogen and oxygen atoms in total. The highest BCUT2D eigenvalue weighted by molar-refractivity contribution is 7.18. The zero-order valence-electron chi connectivity index (χ0n) is 13.6. The van der Waals surface area contributed by atoms with Crippen LogP contribution in [0.1, 0.15) is 28.2 Å². The van der Waals surface area contributed by atoms with Gasteiger partial charge >= 0.3 is 0 Å². The lowest BCUT2D eigenvalue weighted by Gasteiger charge is -2.11. The maximum absolute atomic E-state index is 12.2. The molecule has 0 saturated heterocycles.